The van der Waals surface area contributed by atoms with Gasteiger partial charge in [0, 0.05) is 18.8 Å². The van der Waals surface area contributed by atoms with Crippen molar-refractivity contribution in [3.8, 4) is 11.9 Å². The standard InChI is InChI=1S/C13H17N3O2/c1-4-13(2,9-14)12(17)16-8-10-5-6-11(18-3)15-7-10/h5-7H,4,8H2,1-3H3,(H,16,17). The van der Waals surface area contributed by atoms with E-state index in [1.165, 1.54) is 0 Å². The van der Waals surface area contributed by atoms with E-state index in [0.717, 1.165) is 5.56 Å². The predicted molar refractivity (Wildman–Crippen MR) is 66.6 cm³/mol. The second kappa shape index (κ2) is 6.01. The average Bonchev–Trinajstić information content (AvgIpc) is 2.44. The van der Waals surface area contributed by atoms with Crippen molar-refractivity contribution in [1.29, 1.82) is 5.26 Å². The van der Waals surface area contributed by atoms with E-state index in [4.69, 9.17) is 10.00 Å². The molecule has 0 aromatic carbocycles. The lowest BCUT2D eigenvalue weighted by Crippen LogP contribution is -2.37. The van der Waals surface area contributed by atoms with Crippen molar-refractivity contribution in [3.63, 3.8) is 0 Å². The number of hydrogen-bond donors (Lipinski definition) is 1. The molecular weight excluding hydrogens is 230 g/mol. The molecule has 1 rings (SSSR count). The van der Waals surface area contributed by atoms with Gasteiger partial charge in [-0.1, -0.05) is 13.0 Å². The smallest absolute Gasteiger partial charge is 0.240 e. The molecule has 18 heavy (non-hydrogen) atoms. The van der Waals surface area contributed by atoms with Crippen molar-refractivity contribution >= 4 is 5.91 Å². The zero-order valence-corrected chi connectivity index (χ0v) is 10.9. The Morgan fingerprint density at radius 2 is 2.33 bits per heavy atom. The van der Waals surface area contributed by atoms with Gasteiger partial charge in [-0.2, -0.15) is 5.26 Å². The zero-order valence-electron chi connectivity index (χ0n) is 10.9. The summed E-state index contributed by atoms with van der Waals surface area (Å²) >= 11 is 0. The fourth-order valence-electron chi connectivity index (χ4n) is 1.30. The molecule has 0 saturated carbocycles. The van der Waals surface area contributed by atoms with Gasteiger partial charge in [0.1, 0.15) is 5.41 Å². The maximum absolute atomic E-state index is 11.8. The quantitative estimate of drug-likeness (QED) is 0.858. The van der Waals surface area contributed by atoms with Crippen molar-refractivity contribution < 1.29 is 9.53 Å². The first kappa shape index (κ1) is 14.0. The van der Waals surface area contributed by atoms with Gasteiger partial charge >= 0.3 is 0 Å². The van der Waals surface area contributed by atoms with E-state index in [1.54, 1.807) is 26.3 Å². The number of carbonyl (C=O) groups excluding carboxylic acids is 1. The fraction of sp³-hybridized carbons (Fsp3) is 0.462. The molecule has 0 fully saturated rings. The summed E-state index contributed by atoms with van der Waals surface area (Å²) in [6.07, 6.45) is 2.12. The largest absolute Gasteiger partial charge is 0.481 e. The van der Waals surface area contributed by atoms with E-state index < -0.39 is 5.41 Å². The predicted octanol–water partition coefficient (Wildman–Crippen LogP) is 1.65. The van der Waals surface area contributed by atoms with Gasteiger partial charge in [-0.15, -0.1) is 0 Å². The van der Waals surface area contributed by atoms with E-state index in [9.17, 15) is 4.79 Å². The van der Waals surface area contributed by atoms with Crippen LogP contribution in [0.25, 0.3) is 0 Å². The molecule has 1 aromatic rings. The fourth-order valence-corrected chi connectivity index (χ4v) is 1.30. The van der Waals surface area contributed by atoms with Gasteiger partial charge in [0.15, 0.2) is 0 Å². The molecule has 0 aliphatic rings. The van der Waals surface area contributed by atoms with Gasteiger partial charge in [0.25, 0.3) is 0 Å². The summed E-state index contributed by atoms with van der Waals surface area (Å²) in [5.74, 6) is 0.267. The average molecular weight is 247 g/mol. The van der Waals surface area contributed by atoms with Crippen molar-refractivity contribution in [2.75, 3.05) is 7.11 Å². The van der Waals surface area contributed by atoms with Crippen LogP contribution < -0.4 is 10.1 Å². The number of hydrogen-bond acceptors (Lipinski definition) is 4. The highest BCUT2D eigenvalue weighted by molar-refractivity contribution is 5.84. The third-order valence-electron chi connectivity index (χ3n) is 2.91. The van der Waals surface area contributed by atoms with Gasteiger partial charge in [0.05, 0.1) is 13.2 Å². The Balaban J connectivity index is 2.60. The molecule has 0 aliphatic heterocycles. The number of aromatic nitrogens is 1. The van der Waals surface area contributed by atoms with Crippen LogP contribution >= 0.6 is 0 Å². The van der Waals surface area contributed by atoms with Crippen molar-refractivity contribution in [2.45, 2.75) is 26.8 Å². The van der Waals surface area contributed by atoms with Crippen LogP contribution in [0.1, 0.15) is 25.8 Å². The van der Waals surface area contributed by atoms with E-state index in [0.29, 0.717) is 18.8 Å². The number of carbonyl (C=O) groups is 1. The van der Waals surface area contributed by atoms with Crippen LogP contribution in [0, 0.1) is 16.7 Å². The number of rotatable bonds is 5. The van der Waals surface area contributed by atoms with Gasteiger partial charge in [0.2, 0.25) is 11.8 Å². The van der Waals surface area contributed by atoms with Crippen molar-refractivity contribution in [3.05, 3.63) is 23.9 Å². The topological polar surface area (TPSA) is 75.0 Å². The number of pyridine rings is 1. The zero-order chi connectivity index (χ0) is 13.6. The molecule has 1 N–H and O–H groups in total. The van der Waals surface area contributed by atoms with Crippen LogP contribution in [0.4, 0.5) is 0 Å². The number of amides is 1. The maximum atomic E-state index is 11.8. The second-order valence-corrected chi connectivity index (χ2v) is 4.19. The maximum Gasteiger partial charge on any atom is 0.240 e. The van der Waals surface area contributed by atoms with Gasteiger partial charge < -0.3 is 10.1 Å². The number of methoxy groups -OCH3 is 1. The summed E-state index contributed by atoms with van der Waals surface area (Å²) in [6, 6.07) is 5.58. The summed E-state index contributed by atoms with van der Waals surface area (Å²) in [5.41, 5.74) is -0.111. The lowest BCUT2D eigenvalue weighted by molar-refractivity contribution is -0.127. The van der Waals surface area contributed by atoms with Crippen LogP contribution in [0.15, 0.2) is 18.3 Å². The summed E-state index contributed by atoms with van der Waals surface area (Å²) in [7, 11) is 1.55. The van der Waals surface area contributed by atoms with Crippen LogP contribution in [0.5, 0.6) is 5.88 Å². The van der Waals surface area contributed by atoms with Crippen molar-refractivity contribution in [2.24, 2.45) is 5.41 Å². The Bertz CT molecular complexity index is 450. The first-order valence-electron chi connectivity index (χ1n) is 5.74. The van der Waals surface area contributed by atoms with Crippen LogP contribution in [0.2, 0.25) is 0 Å². The molecular formula is C13H17N3O2. The monoisotopic (exact) mass is 247 g/mol. The number of nitrogens with zero attached hydrogens (tertiary/aromatic N) is 2. The first-order valence-corrected chi connectivity index (χ1v) is 5.74. The van der Waals surface area contributed by atoms with E-state index in [1.807, 2.05) is 19.1 Å². The third kappa shape index (κ3) is 3.20. The van der Waals surface area contributed by atoms with Crippen LogP contribution in [0.3, 0.4) is 0 Å². The molecule has 0 spiro atoms. The summed E-state index contributed by atoms with van der Waals surface area (Å²) in [5, 5.41) is 11.7. The minimum absolute atomic E-state index is 0.261. The van der Waals surface area contributed by atoms with Crippen molar-refractivity contribution in [1.82, 2.24) is 10.3 Å². The molecule has 5 heteroatoms. The van der Waals surface area contributed by atoms with Gasteiger partial charge in [-0.3, -0.25) is 4.79 Å². The normalized spacial score (nSPS) is 13.2. The van der Waals surface area contributed by atoms with E-state index >= 15 is 0 Å². The summed E-state index contributed by atoms with van der Waals surface area (Å²) in [4.78, 5) is 15.9. The van der Waals surface area contributed by atoms with Crippen LogP contribution in [-0.2, 0) is 11.3 Å². The molecule has 0 radical (unpaired) electrons. The Labute approximate surface area is 107 Å². The molecule has 0 saturated heterocycles. The molecule has 1 amide bonds. The molecule has 96 valence electrons. The molecule has 1 aromatic heterocycles. The SMILES string of the molecule is CCC(C)(C#N)C(=O)NCc1ccc(OC)nc1. The Hall–Kier alpha value is -2.09. The summed E-state index contributed by atoms with van der Waals surface area (Å²) in [6.45, 7) is 3.80. The lowest BCUT2D eigenvalue weighted by atomic mass is 9.88. The number of ether oxygens (including phenoxy) is 1. The molecule has 1 unspecified atom stereocenters. The Morgan fingerprint density at radius 1 is 1.61 bits per heavy atom. The number of nitriles is 1. The highest BCUT2D eigenvalue weighted by Gasteiger charge is 2.30. The highest BCUT2D eigenvalue weighted by atomic mass is 16.5. The minimum atomic E-state index is -0.972. The lowest BCUT2D eigenvalue weighted by Gasteiger charge is -2.18. The highest BCUT2D eigenvalue weighted by Crippen LogP contribution is 2.19. The Kier molecular flexibility index (Phi) is 4.67. The molecule has 1 heterocycles. The Morgan fingerprint density at radius 3 is 2.78 bits per heavy atom. The van der Waals surface area contributed by atoms with Gasteiger partial charge in [-0.05, 0) is 18.9 Å². The van der Waals surface area contributed by atoms with Crippen LogP contribution in [-0.4, -0.2) is 18.0 Å². The van der Waals surface area contributed by atoms with E-state index in [2.05, 4.69) is 10.3 Å². The minimum Gasteiger partial charge on any atom is -0.481 e. The summed E-state index contributed by atoms with van der Waals surface area (Å²) < 4.78 is 4.94. The molecule has 5 nitrogen and oxygen atoms in total. The second-order valence-electron chi connectivity index (χ2n) is 4.19. The molecule has 0 bridgehead atoms. The molecule has 0 aliphatic carbocycles. The number of nitrogens with one attached hydrogen (secondary N) is 1. The van der Waals surface area contributed by atoms with Gasteiger partial charge in [-0.25, -0.2) is 4.98 Å². The third-order valence-corrected chi connectivity index (χ3v) is 2.91. The molecule has 1 atom stereocenters. The van der Waals surface area contributed by atoms with E-state index in [-0.39, 0.29) is 5.91 Å². The first-order chi connectivity index (χ1) is 8.55.